The molecule has 2 rings (SSSR count). The first-order chi connectivity index (χ1) is 7.59. The zero-order chi connectivity index (χ0) is 11.7. The predicted octanol–water partition coefficient (Wildman–Crippen LogP) is 3.46. The number of thiophene rings is 1. The van der Waals surface area contributed by atoms with Crippen LogP contribution in [0.5, 0.6) is 5.75 Å². The van der Waals surface area contributed by atoms with Crippen LogP contribution in [0.15, 0.2) is 29.0 Å². The Morgan fingerprint density at radius 3 is 2.81 bits per heavy atom. The lowest BCUT2D eigenvalue weighted by molar-refractivity contribution is 0.461. The van der Waals surface area contributed by atoms with E-state index in [-0.39, 0.29) is 11.8 Å². The molecule has 1 aromatic heterocycles. The topological polar surface area (TPSA) is 46.2 Å². The van der Waals surface area contributed by atoms with Gasteiger partial charge in [-0.3, -0.25) is 0 Å². The average molecular weight is 254 g/mol. The zero-order valence-corrected chi connectivity index (χ0v) is 10.3. The van der Waals surface area contributed by atoms with Crippen LogP contribution in [0, 0.1) is 6.92 Å². The van der Waals surface area contributed by atoms with E-state index in [1.807, 2.05) is 23.8 Å². The largest absolute Gasteiger partial charge is 0.507 e. The molecule has 16 heavy (non-hydrogen) atoms. The highest BCUT2D eigenvalue weighted by Gasteiger charge is 2.15. The first-order valence-corrected chi connectivity index (χ1v) is 6.18. The van der Waals surface area contributed by atoms with E-state index in [0.717, 1.165) is 11.1 Å². The number of phenols is 1. The summed E-state index contributed by atoms with van der Waals surface area (Å²) in [6, 6.07) is 5.06. The summed E-state index contributed by atoms with van der Waals surface area (Å²) in [7, 11) is 0. The van der Waals surface area contributed by atoms with Crippen molar-refractivity contribution in [2.24, 2.45) is 5.73 Å². The number of benzene rings is 1. The molecule has 2 nitrogen and oxygen atoms in total. The van der Waals surface area contributed by atoms with E-state index in [0.29, 0.717) is 10.6 Å². The van der Waals surface area contributed by atoms with Crippen LogP contribution < -0.4 is 5.73 Å². The Morgan fingerprint density at radius 1 is 1.44 bits per heavy atom. The van der Waals surface area contributed by atoms with E-state index < -0.39 is 0 Å². The number of aromatic hydroxyl groups is 1. The van der Waals surface area contributed by atoms with Gasteiger partial charge in [0.05, 0.1) is 6.04 Å². The van der Waals surface area contributed by atoms with Gasteiger partial charge in [-0.2, -0.15) is 11.3 Å². The first-order valence-electron chi connectivity index (χ1n) is 4.86. The lowest BCUT2D eigenvalue weighted by Gasteiger charge is -2.14. The van der Waals surface area contributed by atoms with Gasteiger partial charge in [0.2, 0.25) is 0 Å². The van der Waals surface area contributed by atoms with Crippen molar-refractivity contribution in [3.8, 4) is 5.75 Å². The van der Waals surface area contributed by atoms with E-state index in [2.05, 4.69) is 0 Å². The second-order valence-electron chi connectivity index (χ2n) is 3.69. The highest BCUT2D eigenvalue weighted by Crippen LogP contribution is 2.33. The first kappa shape index (κ1) is 11.5. The van der Waals surface area contributed by atoms with Crippen LogP contribution in [-0.2, 0) is 0 Å². The normalized spacial score (nSPS) is 12.7. The van der Waals surface area contributed by atoms with Gasteiger partial charge in [0.15, 0.2) is 0 Å². The summed E-state index contributed by atoms with van der Waals surface area (Å²) in [5, 5.41) is 14.5. The van der Waals surface area contributed by atoms with Crippen LogP contribution in [0.25, 0.3) is 0 Å². The van der Waals surface area contributed by atoms with Gasteiger partial charge < -0.3 is 10.8 Å². The lowest BCUT2D eigenvalue weighted by Crippen LogP contribution is -2.11. The van der Waals surface area contributed by atoms with Gasteiger partial charge in [-0.15, -0.1) is 0 Å². The van der Waals surface area contributed by atoms with Crippen LogP contribution in [0.4, 0.5) is 0 Å². The van der Waals surface area contributed by atoms with E-state index in [1.165, 1.54) is 0 Å². The molecule has 1 aromatic carbocycles. The van der Waals surface area contributed by atoms with Gasteiger partial charge in [0.1, 0.15) is 5.75 Å². The molecule has 0 bridgehead atoms. The maximum Gasteiger partial charge on any atom is 0.123 e. The quantitative estimate of drug-likeness (QED) is 0.861. The monoisotopic (exact) mass is 253 g/mol. The fourth-order valence-electron chi connectivity index (χ4n) is 1.63. The number of nitrogens with two attached hydrogens (primary N) is 1. The molecule has 0 aliphatic rings. The molecule has 1 atom stereocenters. The van der Waals surface area contributed by atoms with Gasteiger partial charge in [0.25, 0.3) is 0 Å². The van der Waals surface area contributed by atoms with Crippen molar-refractivity contribution in [1.29, 1.82) is 0 Å². The van der Waals surface area contributed by atoms with Gasteiger partial charge >= 0.3 is 0 Å². The second kappa shape index (κ2) is 4.45. The zero-order valence-electron chi connectivity index (χ0n) is 8.77. The minimum atomic E-state index is -0.330. The summed E-state index contributed by atoms with van der Waals surface area (Å²) in [5.41, 5.74) is 8.49. The number of hydrogen-bond donors (Lipinski definition) is 2. The Bertz CT molecular complexity index is 496. The van der Waals surface area contributed by atoms with Crippen LogP contribution >= 0.6 is 22.9 Å². The van der Waals surface area contributed by atoms with E-state index >= 15 is 0 Å². The van der Waals surface area contributed by atoms with Crippen LogP contribution in [0.1, 0.15) is 22.7 Å². The van der Waals surface area contributed by atoms with Crippen LogP contribution in [-0.4, -0.2) is 5.11 Å². The Hall–Kier alpha value is -1.03. The average Bonchev–Trinajstić information content (AvgIpc) is 2.75. The summed E-state index contributed by atoms with van der Waals surface area (Å²) >= 11 is 7.55. The summed E-state index contributed by atoms with van der Waals surface area (Å²) in [6.07, 6.45) is 0. The summed E-state index contributed by atoms with van der Waals surface area (Å²) in [5.74, 6) is 0.225. The molecule has 0 radical (unpaired) electrons. The van der Waals surface area contributed by atoms with E-state index in [1.54, 1.807) is 23.5 Å². The summed E-state index contributed by atoms with van der Waals surface area (Å²) < 4.78 is 0. The van der Waals surface area contributed by atoms with Gasteiger partial charge in [0, 0.05) is 10.6 Å². The predicted molar refractivity (Wildman–Crippen MR) is 68.2 cm³/mol. The molecule has 0 fully saturated rings. The van der Waals surface area contributed by atoms with Crippen molar-refractivity contribution >= 4 is 22.9 Å². The van der Waals surface area contributed by atoms with Crippen LogP contribution in [0.3, 0.4) is 0 Å². The standard InChI is InChI=1S/C12H12ClNOS/c1-7-4-9(13)5-10(12(7)15)11(14)8-2-3-16-6-8/h2-6,11,15H,14H2,1H3/t11-/m1/s1. The highest BCUT2D eigenvalue weighted by atomic mass is 35.5. The summed E-state index contributed by atoms with van der Waals surface area (Å²) in [4.78, 5) is 0. The molecule has 4 heteroatoms. The maximum absolute atomic E-state index is 9.96. The van der Waals surface area contributed by atoms with Crippen molar-refractivity contribution in [3.63, 3.8) is 0 Å². The van der Waals surface area contributed by atoms with Crippen molar-refractivity contribution < 1.29 is 5.11 Å². The molecule has 0 aliphatic heterocycles. The smallest absolute Gasteiger partial charge is 0.123 e. The molecule has 0 saturated heterocycles. The second-order valence-corrected chi connectivity index (χ2v) is 4.91. The van der Waals surface area contributed by atoms with Gasteiger partial charge in [-0.1, -0.05) is 11.6 Å². The molecule has 0 aliphatic carbocycles. The minimum absolute atomic E-state index is 0.225. The molecule has 0 amide bonds. The number of rotatable bonds is 2. The molecule has 0 spiro atoms. The Balaban J connectivity index is 2.48. The van der Waals surface area contributed by atoms with Gasteiger partial charge in [-0.25, -0.2) is 0 Å². The fourth-order valence-corrected chi connectivity index (χ4v) is 2.61. The van der Waals surface area contributed by atoms with Crippen molar-refractivity contribution in [1.82, 2.24) is 0 Å². The minimum Gasteiger partial charge on any atom is -0.507 e. The Morgan fingerprint density at radius 2 is 2.19 bits per heavy atom. The third-order valence-electron chi connectivity index (χ3n) is 2.53. The SMILES string of the molecule is Cc1cc(Cl)cc([C@H](N)c2ccsc2)c1O. The molecule has 0 unspecified atom stereocenters. The maximum atomic E-state index is 9.96. The van der Waals surface area contributed by atoms with Crippen molar-refractivity contribution in [2.45, 2.75) is 13.0 Å². The van der Waals surface area contributed by atoms with E-state index in [4.69, 9.17) is 17.3 Å². The van der Waals surface area contributed by atoms with Crippen molar-refractivity contribution in [3.05, 3.63) is 50.7 Å². The third-order valence-corrected chi connectivity index (χ3v) is 3.45. The molecular formula is C12H12ClNOS. The molecule has 2 aromatic rings. The number of aryl methyl sites for hydroxylation is 1. The highest BCUT2D eigenvalue weighted by molar-refractivity contribution is 7.08. The Labute approximate surface area is 103 Å². The molecular weight excluding hydrogens is 242 g/mol. The molecule has 1 heterocycles. The van der Waals surface area contributed by atoms with Gasteiger partial charge in [-0.05, 0) is 47.0 Å². The van der Waals surface area contributed by atoms with Crippen LogP contribution in [0.2, 0.25) is 5.02 Å². The fraction of sp³-hybridized carbons (Fsp3) is 0.167. The molecule has 84 valence electrons. The third kappa shape index (κ3) is 2.07. The lowest BCUT2D eigenvalue weighted by atomic mass is 9.99. The van der Waals surface area contributed by atoms with Crippen molar-refractivity contribution in [2.75, 3.05) is 0 Å². The number of hydrogen-bond acceptors (Lipinski definition) is 3. The summed E-state index contributed by atoms with van der Waals surface area (Å²) in [6.45, 7) is 1.81. The number of halogens is 1. The molecule has 3 N–H and O–H groups in total. The van der Waals surface area contributed by atoms with E-state index in [9.17, 15) is 5.11 Å². The molecule has 0 saturated carbocycles. The Kier molecular flexibility index (Phi) is 3.19. The number of phenolic OH excluding ortho intramolecular Hbond substituents is 1.